The van der Waals surface area contributed by atoms with E-state index >= 15 is 0 Å². The lowest BCUT2D eigenvalue weighted by Gasteiger charge is -2.14. The summed E-state index contributed by atoms with van der Waals surface area (Å²) >= 11 is 1.49. The monoisotopic (exact) mass is 226 g/mol. The van der Waals surface area contributed by atoms with Crippen molar-refractivity contribution >= 4 is 17.3 Å². The Balaban J connectivity index is 2.04. The Labute approximate surface area is 92.7 Å². The fourth-order valence-corrected chi connectivity index (χ4v) is 1.93. The van der Waals surface area contributed by atoms with Crippen molar-refractivity contribution in [2.45, 2.75) is 31.8 Å². The zero-order chi connectivity index (χ0) is 10.7. The number of carbonyl (C=O) groups is 1. The van der Waals surface area contributed by atoms with E-state index in [2.05, 4.69) is 10.3 Å². The maximum atomic E-state index is 11.7. The highest BCUT2D eigenvalue weighted by Crippen LogP contribution is 2.24. The SMILES string of the molecule is CCOC(=O)C(NC1CC1)c1cscn1. The molecular formula is C10H14N2O2S. The summed E-state index contributed by atoms with van der Waals surface area (Å²) < 4.78 is 5.02. The number of thiazole rings is 1. The van der Waals surface area contributed by atoms with E-state index in [1.165, 1.54) is 11.3 Å². The van der Waals surface area contributed by atoms with Crippen molar-refractivity contribution in [1.29, 1.82) is 0 Å². The van der Waals surface area contributed by atoms with Gasteiger partial charge < -0.3 is 4.74 Å². The van der Waals surface area contributed by atoms with Crippen LogP contribution in [0.15, 0.2) is 10.9 Å². The van der Waals surface area contributed by atoms with E-state index in [-0.39, 0.29) is 12.0 Å². The van der Waals surface area contributed by atoms with Gasteiger partial charge in [0.25, 0.3) is 0 Å². The number of hydrogen-bond acceptors (Lipinski definition) is 5. The van der Waals surface area contributed by atoms with Crippen LogP contribution in [0.3, 0.4) is 0 Å². The molecular weight excluding hydrogens is 212 g/mol. The largest absolute Gasteiger partial charge is 0.465 e. The van der Waals surface area contributed by atoms with Gasteiger partial charge in [0, 0.05) is 11.4 Å². The van der Waals surface area contributed by atoms with Gasteiger partial charge >= 0.3 is 5.97 Å². The Hall–Kier alpha value is -0.940. The van der Waals surface area contributed by atoms with Crippen LogP contribution in [0, 0.1) is 0 Å². The number of nitrogens with zero attached hydrogens (tertiary/aromatic N) is 1. The number of rotatable bonds is 5. The van der Waals surface area contributed by atoms with Crippen molar-refractivity contribution in [2.24, 2.45) is 0 Å². The Morgan fingerprint density at radius 3 is 3.13 bits per heavy atom. The van der Waals surface area contributed by atoms with E-state index in [0.29, 0.717) is 12.6 Å². The lowest BCUT2D eigenvalue weighted by Crippen LogP contribution is -2.32. The van der Waals surface area contributed by atoms with Gasteiger partial charge in [-0.2, -0.15) is 0 Å². The number of hydrogen-bond donors (Lipinski definition) is 1. The molecule has 2 rings (SSSR count). The molecule has 1 N–H and O–H groups in total. The van der Waals surface area contributed by atoms with Crippen LogP contribution in [0.4, 0.5) is 0 Å². The Morgan fingerprint density at radius 1 is 1.80 bits per heavy atom. The molecule has 1 aliphatic rings. The van der Waals surface area contributed by atoms with Gasteiger partial charge in [0.05, 0.1) is 17.8 Å². The molecule has 1 aromatic heterocycles. The third-order valence-electron chi connectivity index (χ3n) is 2.25. The van der Waals surface area contributed by atoms with Crippen LogP contribution >= 0.6 is 11.3 Å². The van der Waals surface area contributed by atoms with Crippen molar-refractivity contribution in [1.82, 2.24) is 10.3 Å². The van der Waals surface area contributed by atoms with Gasteiger partial charge in [-0.1, -0.05) is 0 Å². The summed E-state index contributed by atoms with van der Waals surface area (Å²) in [6.45, 7) is 2.22. The molecule has 5 heteroatoms. The van der Waals surface area contributed by atoms with Gasteiger partial charge in [-0.3, -0.25) is 5.32 Å². The topological polar surface area (TPSA) is 51.2 Å². The molecule has 1 aromatic rings. The van der Waals surface area contributed by atoms with Gasteiger partial charge in [0.15, 0.2) is 0 Å². The van der Waals surface area contributed by atoms with Crippen LogP contribution in [0.25, 0.3) is 0 Å². The normalized spacial score (nSPS) is 17.4. The molecule has 15 heavy (non-hydrogen) atoms. The number of nitrogens with one attached hydrogen (secondary N) is 1. The number of ether oxygens (including phenoxy) is 1. The molecule has 1 aliphatic carbocycles. The van der Waals surface area contributed by atoms with Gasteiger partial charge in [0.1, 0.15) is 6.04 Å². The third-order valence-corrected chi connectivity index (χ3v) is 2.85. The molecule has 0 radical (unpaired) electrons. The zero-order valence-corrected chi connectivity index (χ0v) is 9.42. The summed E-state index contributed by atoms with van der Waals surface area (Å²) in [7, 11) is 0. The maximum Gasteiger partial charge on any atom is 0.329 e. The van der Waals surface area contributed by atoms with E-state index in [9.17, 15) is 4.79 Å². The lowest BCUT2D eigenvalue weighted by molar-refractivity contribution is -0.146. The molecule has 1 fully saturated rings. The Bertz CT molecular complexity index is 322. The second-order valence-corrected chi connectivity index (χ2v) is 4.26. The molecule has 0 bridgehead atoms. The van der Waals surface area contributed by atoms with Crippen molar-refractivity contribution in [3.05, 3.63) is 16.6 Å². The van der Waals surface area contributed by atoms with Crippen LogP contribution in [0.5, 0.6) is 0 Å². The Morgan fingerprint density at radius 2 is 2.60 bits per heavy atom. The van der Waals surface area contributed by atoms with E-state index in [0.717, 1.165) is 18.5 Å². The first-order chi connectivity index (χ1) is 7.31. The molecule has 0 amide bonds. The maximum absolute atomic E-state index is 11.7. The first-order valence-corrected chi connectivity index (χ1v) is 6.06. The molecule has 0 aromatic carbocycles. The molecule has 1 atom stereocenters. The van der Waals surface area contributed by atoms with Crippen LogP contribution in [-0.2, 0) is 9.53 Å². The van der Waals surface area contributed by atoms with Crippen molar-refractivity contribution < 1.29 is 9.53 Å². The quantitative estimate of drug-likeness (QED) is 0.773. The van der Waals surface area contributed by atoms with Crippen LogP contribution in [-0.4, -0.2) is 23.6 Å². The summed E-state index contributed by atoms with van der Waals surface area (Å²) in [6, 6.07) is 0.0739. The summed E-state index contributed by atoms with van der Waals surface area (Å²) in [6.07, 6.45) is 2.28. The molecule has 1 unspecified atom stereocenters. The van der Waals surface area contributed by atoms with Crippen molar-refractivity contribution in [3.8, 4) is 0 Å². The average Bonchev–Trinajstić information content (AvgIpc) is 2.88. The zero-order valence-electron chi connectivity index (χ0n) is 8.60. The third kappa shape index (κ3) is 2.76. The summed E-state index contributed by atoms with van der Waals surface area (Å²) in [5.41, 5.74) is 2.50. The van der Waals surface area contributed by atoms with E-state index < -0.39 is 0 Å². The summed E-state index contributed by atoms with van der Waals surface area (Å²) in [5, 5.41) is 5.13. The summed E-state index contributed by atoms with van der Waals surface area (Å²) in [4.78, 5) is 15.8. The van der Waals surface area contributed by atoms with E-state index in [4.69, 9.17) is 4.74 Å². The lowest BCUT2D eigenvalue weighted by atomic mass is 10.2. The first kappa shape index (κ1) is 10.6. The number of carbonyl (C=O) groups excluding carboxylic acids is 1. The standard InChI is InChI=1S/C10H14N2O2S/c1-2-14-10(13)9(12-7-3-4-7)8-5-15-6-11-8/h5-7,9,12H,2-4H2,1H3. The van der Waals surface area contributed by atoms with Gasteiger partial charge in [-0.25, -0.2) is 9.78 Å². The molecule has 1 heterocycles. The predicted octanol–water partition coefficient (Wildman–Crippen LogP) is 1.50. The highest BCUT2D eigenvalue weighted by molar-refractivity contribution is 7.07. The van der Waals surface area contributed by atoms with Crippen molar-refractivity contribution in [3.63, 3.8) is 0 Å². The second kappa shape index (κ2) is 4.72. The average molecular weight is 226 g/mol. The van der Waals surface area contributed by atoms with Crippen LogP contribution in [0.1, 0.15) is 31.5 Å². The van der Waals surface area contributed by atoms with E-state index in [1.54, 1.807) is 5.51 Å². The molecule has 82 valence electrons. The minimum atomic E-state index is -0.385. The smallest absolute Gasteiger partial charge is 0.329 e. The van der Waals surface area contributed by atoms with Crippen LogP contribution in [0.2, 0.25) is 0 Å². The number of esters is 1. The van der Waals surface area contributed by atoms with E-state index in [1.807, 2.05) is 12.3 Å². The predicted molar refractivity (Wildman–Crippen MR) is 57.6 cm³/mol. The second-order valence-electron chi connectivity index (χ2n) is 3.54. The molecule has 0 saturated heterocycles. The molecule has 4 nitrogen and oxygen atoms in total. The fraction of sp³-hybridized carbons (Fsp3) is 0.600. The highest BCUT2D eigenvalue weighted by Gasteiger charge is 2.31. The minimum absolute atomic E-state index is 0.227. The molecule has 0 aliphatic heterocycles. The molecule has 0 spiro atoms. The molecule has 1 saturated carbocycles. The van der Waals surface area contributed by atoms with Gasteiger partial charge in [0.2, 0.25) is 0 Å². The summed E-state index contributed by atoms with van der Waals surface area (Å²) in [5.74, 6) is -0.227. The highest BCUT2D eigenvalue weighted by atomic mass is 32.1. The Kier molecular flexibility index (Phi) is 3.33. The van der Waals surface area contributed by atoms with Gasteiger partial charge in [-0.05, 0) is 19.8 Å². The van der Waals surface area contributed by atoms with Crippen LogP contribution < -0.4 is 5.32 Å². The fourth-order valence-electron chi connectivity index (χ4n) is 1.35. The minimum Gasteiger partial charge on any atom is -0.465 e. The van der Waals surface area contributed by atoms with Gasteiger partial charge in [-0.15, -0.1) is 11.3 Å². The number of aromatic nitrogens is 1. The first-order valence-electron chi connectivity index (χ1n) is 5.12. The van der Waals surface area contributed by atoms with Crippen molar-refractivity contribution in [2.75, 3.05) is 6.61 Å².